The summed E-state index contributed by atoms with van der Waals surface area (Å²) in [6, 6.07) is 4.36. The van der Waals surface area contributed by atoms with Crippen molar-refractivity contribution in [3.05, 3.63) is 34.1 Å². The van der Waals surface area contributed by atoms with Gasteiger partial charge in [-0.1, -0.05) is 15.9 Å². The quantitative estimate of drug-likeness (QED) is 0.776. The van der Waals surface area contributed by atoms with Gasteiger partial charge < -0.3 is 4.90 Å². The molecule has 1 aromatic carbocycles. The number of alkyl halides is 1. The van der Waals surface area contributed by atoms with Gasteiger partial charge in [0.05, 0.1) is 4.47 Å². The molecule has 0 N–H and O–H groups in total. The van der Waals surface area contributed by atoms with Crippen molar-refractivity contribution in [2.75, 3.05) is 18.9 Å². The van der Waals surface area contributed by atoms with E-state index < -0.39 is 5.82 Å². The predicted molar refractivity (Wildman–Crippen MR) is 64.9 cm³/mol. The van der Waals surface area contributed by atoms with Crippen molar-refractivity contribution >= 4 is 37.8 Å². The van der Waals surface area contributed by atoms with Gasteiger partial charge in [0.1, 0.15) is 5.82 Å². The molecule has 0 unspecified atom stereocenters. The van der Waals surface area contributed by atoms with Gasteiger partial charge in [-0.05, 0) is 34.1 Å². The van der Waals surface area contributed by atoms with E-state index in [1.165, 1.54) is 17.0 Å². The van der Waals surface area contributed by atoms with Crippen LogP contribution in [0.5, 0.6) is 0 Å². The molecular formula is C10H10Br2FNO. The summed E-state index contributed by atoms with van der Waals surface area (Å²) in [5.74, 6) is -0.603. The van der Waals surface area contributed by atoms with Crippen LogP contribution in [0.25, 0.3) is 0 Å². The van der Waals surface area contributed by atoms with Crippen molar-refractivity contribution in [2.45, 2.75) is 0 Å². The number of benzene rings is 1. The SMILES string of the molecule is CN(CCBr)C(=O)c1ccc(Br)c(F)c1. The molecule has 0 heterocycles. The standard InChI is InChI=1S/C10H10Br2FNO/c1-14(5-4-11)10(15)7-2-3-8(12)9(13)6-7/h2-3,6H,4-5H2,1H3. The fourth-order valence-corrected chi connectivity index (χ4v) is 1.86. The second-order valence-corrected chi connectivity index (χ2v) is 4.69. The van der Waals surface area contributed by atoms with Gasteiger partial charge in [0.15, 0.2) is 0 Å². The molecule has 15 heavy (non-hydrogen) atoms. The Bertz CT molecular complexity index is 370. The number of nitrogens with zero attached hydrogens (tertiary/aromatic N) is 1. The number of rotatable bonds is 3. The smallest absolute Gasteiger partial charge is 0.253 e. The third-order valence-electron chi connectivity index (χ3n) is 1.93. The lowest BCUT2D eigenvalue weighted by Gasteiger charge is -2.15. The molecule has 0 fully saturated rings. The van der Waals surface area contributed by atoms with Gasteiger partial charge >= 0.3 is 0 Å². The molecule has 0 radical (unpaired) electrons. The van der Waals surface area contributed by atoms with Crippen LogP contribution in [0.2, 0.25) is 0 Å². The monoisotopic (exact) mass is 337 g/mol. The molecule has 0 aliphatic heterocycles. The van der Waals surface area contributed by atoms with Crippen molar-refractivity contribution in [1.82, 2.24) is 4.90 Å². The average molecular weight is 339 g/mol. The molecule has 1 aromatic rings. The normalized spacial score (nSPS) is 10.1. The highest BCUT2D eigenvalue weighted by atomic mass is 79.9. The van der Waals surface area contributed by atoms with Crippen molar-refractivity contribution in [3.8, 4) is 0 Å². The van der Waals surface area contributed by atoms with E-state index in [1.807, 2.05) is 0 Å². The first-order chi connectivity index (χ1) is 7.06. The molecule has 0 saturated heterocycles. The summed E-state index contributed by atoms with van der Waals surface area (Å²) >= 11 is 6.28. The van der Waals surface area contributed by atoms with E-state index in [-0.39, 0.29) is 5.91 Å². The lowest BCUT2D eigenvalue weighted by molar-refractivity contribution is 0.0803. The summed E-state index contributed by atoms with van der Waals surface area (Å²) in [4.78, 5) is 13.3. The minimum Gasteiger partial charge on any atom is -0.341 e. The van der Waals surface area contributed by atoms with E-state index in [0.29, 0.717) is 21.9 Å². The zero-order valence-corrected chi connectivity index (χ0v) is 11.3. The third kappa shape index (κ3) is 3.28. The first-order valence-electron chi connectivity index (χ1n) is 4.32. The van der Waals surface area contributed by atoms with E-state index in [0.717, 1.165) is 0 Å². The van der Waals surface area contributed by atoms with Crippen molar-refractivity contribution in [3.63, 3.8) is 0 Å². The lowest BCUT2D eigenvalue weighted by atomic mass is 10.2. The van der Waals surface area contributed by atoms with Gasteiger partial charge in [0.2, 0.25) is 0 Å². The molecule has 0 aromatic heterocycles. The first kappa shape index (κ1) is 12.6. The van der Waals surface area contributed by atoms with Gasteiger partial charge in [-0.2, -0.15) is 0 Å². The number of carbonyl (C=O) groups is 1. The zero-order valence-electron chi connectivity index (χ0n) is 8.14. The second kappa shape index (κ2) is 5.61. The fourth-order valence-electron chi connectivity index (χ4n) is 1.08. The molecule has 5 heteroatoms. The van der Waals surface area contributed by atoms with Crippen LogP contribution < -0.4 is 0 Å². The molecule has 0 aliphatic rings. The van der Waals surface area contributed by atoms with E-state index in [4.69, 9.17) is 0 Å². The number of amides is 1. The largest absolute Gasteiger partial charge is 0.341 e. The molecule has 1 rings (SSSR count). The molecule has 82 valence electrons. The van der Waals surface area contributed by atoms with Gasteiger partial charge in [-0.25, -0.2) is 4.39 Å². The predicted octanol–water partition coefficient (Wildman–Crippen LogP) is 3.06. The van der Waals surface area contributed by atoms with Crippen LogP contribution in [-0.4, -0.2) is 29.7 Å². The Morgan fingerprint density at radius 3 is 2.73 bits per heavy atom. The Balaban J connectivity index is 2.87. The Morgan fingerprint density at radius 2 is 2.20 bits per heavy atom. The molecule has 0 saturated carbocycles. The van der Waals surface area contributed by atoms with Crippen molar-refractivity contribution in [1.29, 1.82) is 0 Å². The fraction of sp³-hybridized carbons (Fsp3) is 0.300. The van der Waals surface area contributed by atoms with Gasteiger partial charge in [0, 0.05) is 24.5 Å². The van der Waals surface area contributed by atoms with Crippen LogP contribution >= 0.6 is 31.9 Å². The van der Waals surface area contributed by atoms with Crippen LogP contribution in [0.1, 0.15) is 10.4 Å². The summed E-state index contributed by atoms with van der Waals surface area (Å²) < 4.78 is 13.5. The Kier molecular flexibility index (Phi) is 4.73. The molecular weight excluding hydrogens is 329 g/mol. The van der Waals surface area contributed by atoms with E-state index in [2.05, 4.69) is 31.9 Å². The highest BCUT2D eigenvalue weighted by Crippen LogP contribution is 2.17. The van der Waals surface area contributed by atoms with Crippen LogP contribution in [0.15, 0.2) is 22.7 Å². The van der Waals surface area contributed by atoms with Crippen molar-refractivity contribution < 1.29 is 9.18 Å². The molecule has 2 nitrogen and oxygen atoms in total. The number of hydrogen-bond donors (Lipinski definition) is 0. The first-order valence-corrected chi connectivity index (χ1v) is 6.24. The minimum absolute atomic E-state index is 0.180. The van der Waals surface area contributed by atoms with Crippen LogP contribution in [0.3, 0.4) is 0 Å². The summed E-state index contributed by atoms with van der Waals surface area (Å²) in [5.41, 5.74) is 0.360. The van der Waals surface area contributed by atoms with Crippen LogP contribution in [-0.2, 0) is 0 Å². The summed E-state index contributed by atoms with van der Waals surface area (Å²) in [6.45, 7) is 0.594. The molecule has 0 spiro atoms. The topological polar surface area (TPSA) is 20.3 Å². The van der Waals surface area contributed by atoms with Gasteiger partial charge in [-0.3, -0.25) is 4.79 Å². The maximum atomic E-state index is 13.2. The van der Waals surface area contributed by atoms with Crippen LogP contribution in [0.4, 0.5) is 4.39 Å². The molecule has 1 amide bonds. The van der Waals surface area contributed by atoms with E-state index in [1.54, 1.807) is 13.1 Å². The second-order valence-electron chi connectivity index (χ2n) is 3.04. The molecule has 0 aliphatic carbocycles. The highest BCUT2D eigenvalue weighted by molar-refractivity contribution is 9.10. The average Bonchev–Trinajstić information content (AvgIpc) is 2.21. The Morgan fingerprint density at radius 1 is 1.53 bits per heavy atom. The lowest BCUT2D eigenvalue weighted by Crippen LogP contribution is -2.28. The summed E-state index contributed by atoms with van der Waals surface area (Å²) in [5, 5.41) is 0.703. The molecule has 0 atom stereocenters. The Hall–Kier alpha value is -0.420. The van der Waals surface area contributed by atoms with E-state index in [9.17, 15) is 9.18 Å². The minimum atomic E-state index is -0.423. The van der Waals surface area contributed by atoms with E-state index >= 15 is 0 Å². The Labute approximate surface area is 105 Å². The van der Waals surface area contributed by atoms with Gasteiger partial charge in [0.25, 0.3) is 5.91 Å². The highest BCUT2D eigenvalue weighted by Gasteiger charge is 2.12. The maximum Gasteiger partial charge on any atom is 0.253 e. The third-order valence-corrected chi connectivity index (χ3v) is 2.93. The number of hydrogen-bond acceptors (Lipinski definition) is 1. The van der Waals surface area contributed by atoms with Gasteiger partial charge in [-0.15, -0.1) is 0 Å². The zero-order chi connectivity index (χ0) is 11.4. The summed E-state index contributed by atoms with van der Waals surface area (Å²) in [7, 11) is 1.68. The molecule has 0 bridgehead atoms. The number of halogens is 3. The van der Waals surface area contributed by atoms with Crippen LogP contribution in [0, 0.1) is 5.82 Å². The number of carbonyl (C=O) groups excluding carboxylic acids is 1. The van der Waals surface area contributed by atoms with Crippen molar-refractivity contribution in [2.24, 2.45) is 0 Å². The maximum absolute atomic E-state index is 13.2. The summed E-state index contributed by atoms with van der Waals surface area (Å²) in [6.07, 6.45) is 0.